The molecule has 2 atom stereocenters. The average Bonchev–Trinajstić information content (AvgIpc) is 2.44. The summed E-state index contributed by atoms with van der Waals surface area (Å²) in [5.74, 6) is 0.0961. The number of aromatic hydroxyl groups is 1. The SMILES string of the molecule is CCOC(=O)[C@@H]1CCCC[NH+]1Cc1cc(Cl)ccc1O. The standard InChI is InChI=1S/C15H20ClNO3/c1-2-20-15(19)13-5-3-4-8-17(13)10-11-9-12(16)6-7-14(11)18/h6-7,9,13,18H,2-5,8,10H2,1H3/p+1/t13-/m0/s1. The predicted molar refractivity (Wildman–Crippen MR) is 76.9 cm³/mol. The summed E-state index contributed by atoms with van der Waals surface area (Å²) in [5, 5.41) is 10.5. The Balaban J connectivity index is 2.12. The minimum atomic E-state index is -0.137. The van der Waals surface area contributed by atoms with Gasteiger partial charge in [0.1, 0.15) is 12.3 Å². The number of quaternary nitrogens is 1. The van der Waals surface area contributed by atoms with Crippen molar-refractivity contribution in [2.75, 3.05) is 13.2 Å². The Morgan fingerprint density at radius 1 is 1.50 bits per heavy atom. The molecular weight excluding hydrogens is 278 g/mol. The lowest BCUT2D eigenvalue weighted by molar-refractivity contribution is -0.935. The van der Waals surface area contributed by atoms with Gasteiger partial charge < -0.3 is 14.7 Å². The van der Waals surface area contributed by atoms with Crippen LogP contribution in [0.2, 0.25) is 5.02 Å². The molecule has 0 spiro atoms. The van der Waals surface area contributed by atoms with Gasteiger partial charge in [0.05, 0.1) is 13.2 Å². The van der Waals surface area contributed by atoms with Crippen molar-refractivity contribution in [1.82, 2.24) is 0 Å². The molecule has 1 heterocycles. The number of carbonyl (C=O) groups excluding carboxylic acids is 1. The van der Waals surface area contributed by atoms with Crippen molar-refractivity contribution < 1.29 is 19.5 Å². The van der Waals surface area contributed by atoms with E-state index >= 15 is 0 Å². The third kappa shape index (κ3) is 3.64. The molecule has 1 fully saturated rings. The molecule has 4 nitrogen and oxygen atoms in total. The van der Waals surface area contributed by atoms with Gasteiger partial charge in [-0.2, -0.15) is 0 Å². The third-order valence-corrected chi connectivity index (χ3v) is 4.00. The number of phenols is 1. The highest BCUT2D eigenvalue weighted by Gasteiger charge is 2.34. The molecule has 2 N–H and O–H groups in total. The normalized spacial score (nSPS) is 22.5. The molecule has 1 aromatic carbocycles. The average molecular weight is 299 g/mol. The highest BCUT2D eigenvalue weighted by atomic mass is 35.5. The van der Waals surface area contributed by atoms with Crippen LogP contribution < -0.4 is 4.90 Å². The zero-order valence-corrected chi connectivity index (χ0v) is 12.4. The van der Waals surface area contributed by atoms with Crippen LogP contribution in [-0.4, -0.2) is 30.3 Å². The first-order chi connectivity index (χ1) is 9.61. The maximum atomic E-state index is 12.0. The van der Waals surface area contributed by atoms with Crippen LogP contribution >= 0.6 is 11.6 Å². The third-order valence-electron chi connectivity index (χ3n) is 3.76. The number of esters is 1. The molecule has 0 aromatic heterocycles. The van der Waals surface area contributed by atoms with Crippen molar-refractivity contribution in [2.24, 2.45) is 0 Å². The van der Waals surface area contributed by atoms with Gasteiger partial charge in [0.15, 0.2) is 6.04 Å². The summed E-state index contributed by atoms with van der Waals surface area (Å²) in [5.41, 5.74) is 0.781. The summed E-state index contributed by atoms with van der Waals surface area (Å²) in [6.45, 7) is 3.74. The molecule has 0 radical (unpaired) electrons. The number of rotatable bonds is 4. The van der Waals surface area contributed by atoms with Crippen molar-refractivity contribution in [3.63, 3.8) is 0 Å². The second-order valence-electron chi connectivity index (χ2n) is 5.16. The van der Waals surface area contributed by atoms with Crippen LogP contribution in [0.1, 0.15) is 31.7 Å². The lowest BCUT2D eigenvalue weighted by Gasteiger charge is -2.31. The minimum absolute atomic E-state index is 0.135. The van der Waals surface area contributed by atoms with E-state index in [0.29, 0.717) is 18.2 Å². The molecule has 2 rings (SSSR count). The summed E-state index contributed by atoms with van der Waals surface area (Å²) in [7, 11) is 0. The molecule has 1 unspecified atom stereocenters. The van der Waals surface area contributed by atoms with Crippen LogP contribution in [0.5, 0.6) is 5.75 Å². The predicted octanol–water partition coefficient (Wildman–Crippen LogP) is 1.55. The van der Waals surface area contributed by atoms with Crippen molar-refractivity contribution in [2.45, 2.75) is 38.8 Å². The number of ether oxygens (including phenoxy) is 1. The Morgan fingerprint density at radius 2 is 2.30 bits per heavy atom. The Bertz CT molecular complexity index is 478. The summed E-state index contributed by atoms with van der Waals surface area (Å²) in [6.07, 6.45) is 2.98. The Kier molecular flexibility index (Phi) is 5.26. The second-order valence-corrected chi connectivity index (χ2v) is 5.59. The molecule has 0 amide bonds. The van der Waals surface area contributed by atoms with E-state index in [2.05, 4.69) is 0 Å². The van der Waals surface area contributed by atoms with E-state index in [1.165, 1.54) is 0 Å². The summed E-state index contributed by atoms with van der Waals surface area (Å²) < 4.78 is 5.15. The maximum Gasteiger partial charge on any atom is 0.364 e. The molecule has 0 saturated carbocycles. The van der Waals surface area contributed by atoms with Crippen LogP contribution in [0, 0.1) is 0 Å². The number of likely N-dealkylation sites (tertiary alicyclic amines) is 1. The van der Waals surface area contributed by atoms with Crippen LogP contribution in [0.4, 0.5) is 0 Å². The molecule has 0 bridgehead atoms. The van der Waals surface area contributed by atoms with Crippen LogP contribution in [0.3, 0.4) is 0 Å². The fourth-order valence-corrected chi connectivity index (χ4v) is 2.95. The summed E-state index contributed by atoms with van der Waals surface area (Å²) >= 11 is 5.97. The number of hydrogen-bond acceptors (Lipinski definition) is 3. The molecule has 5 heteroatoms. The van der Waals surface area contributed by atoms with Gasteiger partial charge in [-0.3, -0.25) is 0 Å². The minimum Gasteiger partial charge on any atom is -0.507 e. The molecule has 1 aliphatic heterocycles. The molecule has 1 aliphatic rings. The van der Waals surface area contributed by atoms with Crippen molar-refractivity contribution in [3.8, 4) is 5.75 Å². The fraction of sp³-hybridized carbons (Fsp3) is 0.533. The lowest BCUT2D eigenvalue weighted by Crippen LogP contribution is -3.16. The first-order valence-corrected chi connectivity index (χ1v) is 7.48. The van der Waals surface area contributed by atoms with E-state index in [9.17, 15) is 9.90 Å². The Morgan fingerprint density at radius 3 is 3.05 bits per heavy atom. The van der Waals surface area contributed by atoms with Gasteiger partial charge in [0.25, 0.3) is 0 Å². The quantitative estimate of drug-likeness (QED) is 0.829. The first-order valence-electron chi connectivity index (χ1n) is 7.10. The van der Waals surface area contributed by atoms with Gasteiger partial charge >= 0.3 is 5.97 Å². The molecule has 1 aromatic rings. The van der Waals surface area contributed by atoms with E-state index in [0.717, 1.165) is 36.3 Å². The molecular formula is C15H21ClNO3+. The van der Waals surface area contributed by atoms with Crippen LogP contribution in [-0.2, 0) is 16.1 Å². The molecule has 0 aliphatic carbocycles. The van der Waals surface area contributed by atoms with E-state index in [-0.39, 0.29) is 17.8 Å². The lowest BCUT2D eigenvalue weighted by atomic mass is 10.0. The van der Waals surface area contributed by atoms with E-state index in [1.54, 1.807) is 18.2 Å². The van der Waals surface area contributed by atoms with Crippen LogP contribution in [0.15, 0.2) is 18.2 Å². The summed E-state index contributed by atoms with van der Waals surface area (Å²) in [6, 6.07) is 4.89. The van der Waals surface area contributed by atoms with Crippen molar-refractivity contribution in [3.05, 3.63) is 28.8 Å². The van der Waals surface area contributed by atoms with Gasteiger partial charge in [-0.1, -0.05) is 11.6 Å². The Hall–Kier alpha value is -1.26. The van der Waals surface area contributed by atoms with Gasteiger partial charge in [-0.15, -0.1) is 0 Å². The number of phenolic OH excluding ortho intramolecular Hbond substituents is 1. The number of carbonyl (C=O) groups is 1. The van der Waals surface area contributed by atoms with E-state index in [1.807, 2.05) is 6.92 Å². The highest BCUT2D eigenvalue weighted by molar-refractivity contribution is 6.30. The number of piperidine rings is 1. The maximum absolute atomic E-state index is 12.0. The van der Waals surface area contributed by atoms with E-state index in [4.69, 9.17) is 16.3 Å². The first kappa shape index (κ1) is 15.1. The largest absolute Gasteiger partial charge is 0.507 e. The Labute approximate surface area is 124 Å². The highest BCUT2D eigenvalue weighted by Crippen LogP contribution is 2.21. The van der Waals surface area contributed by atoms with Crippen molar-refractivity contribution in [1.29, 1.82) is 0 Å². The van der Waals surface area contributed by atoms with Gasteiger partial charge in [-0.05, 0) is 38.0 Å². The summed E-state index contributed by atoms with van der Waals surface area (Å²) in [4.78, 5) is 13.2. The molecule has 110 valence electrons. The van der Waals surface area contributed by atoms with Gasteiger partial charge in [0.2, 0.25) is 0 Å². The smallest absolute Gasteiger partial charge is 0.364 e. The van der Waals surface area contributed by atoms with Crippen LogP contribution in [0.25, 0.3) is 0 Å². The number of benzene rings is 1. The van der Waals surface area contributed by atoms with Crippen molar-refractivity contribution >= 4 is 17.6 Å². The number of hydrogen-bond donors (Lipinski definition) is 2. The zero-order valence-electron chi connectivity index (χ0n) is 11.7. The fourth-order valence-electron chi connectivity index (χ4n) is 2.76. The van der Waals surface area contributed by atoms with Gasteiger partial charge in [0, 0.05) is 17.0 Å². The molecule has 1 saturated heterocycles. The number of nitrogens with one attached hydrogen (secondary N) is 1. The monoisotopic (exact) mass is 298 g/mol. The number of halogens is 1. The zero-order chi connectivity index (χ0) is 14.5. The topological polar surface area (TPSA) is 51.0 Å². The second kappa shape index (κ2) is 6.95. The van der Waals surface area contributed by atoms with Gasteiger partial charge in [-0.25, -0.2) is 4.79 Å². The molecule has 20 heavy (non-hydrogen) atoms. The van der Waals surface area contributed by atoms with E-state index < -0.39 is 0 Å².